The van der Waals surface area contributed by atoms with Gasteiger partial charge in [-0.25, -0.2) is 0 Å². The third-order valence-corrected chi connectivity index (χ3v) is 14.7. The van der Waals surface area contributed by atoms with Crippen LogP contribution < -0.4 is 0 Å². The molecular formula is C20H33BrOSi. The van der Waals surface area contributed by atoms with Crippen LogP contribution in [0, 0.1) is 35.5 Å². The quantitative estimate of drug-likeness (QED) is 0.411. The molecule has 0 heterocycles. The molecule has 0 spiro atoms. The van der Waals surface area contributed by atoms with Crippen molar-refractivity contribution in [1.82, 2.24) is 0 Å². The monoisotopic (exact) mass is 396 g/mol. The third kappa shape index (κ3) is 1.99. The largest absolute Gasteiger partial charge is 0.411 e. The minimum atomic E-state index is -1.66. The Morgan fingerprint density at radius 2 is 1.13 bits per heavy atom. The number of hydrogen-bond donors (Lipinski definition) is 0. The Hall–Kier alpha value is 0.657. The zero-order valence-corrected chi connectivity index (χ0v) is 18.1. The second-order valence-electron chi connectivity index (χ2n) is 11.4. The van der Waals surface area contributed by atoms with Gasteiger partial charge in [0.15, 0.2) is 8.32 Å². The van der Waals surface area contributed by atoms with Crippen molar-refractivity contribution in [3.05, 3.63) is 0 Å². The first-order chi connectivity index (χ1) is 10.5. The first-order valence-corrected chi connectivity index (χ1v) is 13.6. The zero-order valence-electron chi connectivity index (χ0n) is 15.5. The van der Waals surface area contributed by atoms with Gasteiger partial charge in [0.05, 0.1) is 5.60 Å². The highest BCUT2D eigenvalue weighted by atomic mass is 79.9. The zero-order chi connectivity index (χ0) is 16.4. The molecule has 0 aromatic carbocycles. The van der Waals surface area contributed by atoms with Gasteiger partial charge in [-0.2, -0.15) is 0 Å². The highest BCUT2D eigenvalue weighted by molar-refractivity contribution is 9.10. The molecule has 0 aromatic rings. The minimum Gasteiger partial charge on any atom is -0.411 e. The van der Waals surface area contributed by atoms with E-state index in [2.05, 4.69) is 49.8 Å². The molecule has 0 aliphatic heterocycles. The van der Waals surface area contributed by atoms with Crippen molar-refractivity contribution in [3.63, 3.8) is 0 Å². The Morgan fingerprint density at radius 3 is 1.48 bits per heavy atom. The van der Waals surface area contributed by atoms with E-state index in [9.17, 15) is 0 Å². The first-order valence-electron chi connectivity index (χ1n) is 9.92. The van der Waals surface area contributed by atoms with Crippen molar-refractivity contribution >= 4 is 24.2 Å². The summed E-state index contributed by atoms with van der Waals surface area (Å²) in [6.07, 6.45) is 8.61. The summed E-state index contributed by atoms with van der Waals surface area (Å²) in [5.74, 6) is 6.08. The lowest BCUT2D eigenvalue weighted by Crippen LogP contribution is -2.71. The third-order valence-electron chi connectivity index (χ3n) is 9.21. The molecule has 7 aliphatic rings. The Labute approximate surface area is 151 Å². The fourth-order valence-corrected chi connectivity index (χ4v) is 10.4. The lowest BCUT2D eigenvalue weighted by Gasteiger charge is -2.74. The molecule has 23 heavy (non-hydrogen) atoms. The molecular weight excluding hydrogens is 364 g/mol. The van der Waals surface area contributed by atoms with Crippen molar-refractivity contribution in [2.75, 3.05) is 0 Å². The van der Waals surface area contributed by atoms with Crippen LogP contribution in [-0.4, -0.2) is 18.2 Å². The summed E-state index contributed by atoms with van der Waals surface area (Å²) in [5, 5.41) is 0.341. The van der Waals surface area contributed by atoms with Gasteiger partial charge in [0.1, 0.15) is 0 Å². The first kappa shape index (κ1) is 15.9. The van der Waals surface area contributed by atoms with Crippen LogP contribution in [0.5, 0.6) is 0 Å². The molecule has 7 rings (SSSR count). The van der Waals surface area contributed by atoms with Gasteiger partial charge < -0.3 is 4.43 Å². The molecule has 3 heteroatoms. The Balaban J connectivity index is 1.48. The predicted octanol–water partition coefficient (Wildman–Crippen LogP) is 5.99. The van der Waals surface area contributed by atoms with E-state index in [1.807, 2.05) is 0 Å². The normalized spacial score (nSPS) is 56.6. The van der Waals surface area contributed by atoms with Gasteiger partial charge in [-0.05, 0) is 92.2 Å². The van der Waals surface area contributed by atoms with Crippen LogP contribution in [0.15, 0.2) is 0 Å². The lowest BCUT2D eigenvalue weighted by molar-refractivity contribution is -0.243. The van der Waals surface area contributed by atoms with Crippen LogP contribution in [0.25, 0.3) is 0 Å². The van der Waals surface area contributed by atoms with Crippen LogP contribution in [0.4, 0.5) is 0 Å². The number of alkyl halides is 1. The van der Waals surface area contributed by atoms with Crippen LogP contribution in [0.2, 0.25) is 18.1 Å². The van der Waals surface area contributed by atoms with E-state index in [0.717, 1.165) is 35.5 Å². The molecule has 0 atom stereocenters. The maximum Gasteiger partial charge on any atom is 0.192 e. The summed E-state index contributed by atoms with van der Waals surface area (Å²) in [5.41, 5.74) is 0.274. The second-order valence-corrected chi connectivity index (χ2v) is 17.8. The van der Waals surface area contributed by atoms with E-state index in [1.165, 1.54) is 38.5 Å². The maximum atomic E-state index is 7.19. The summed E-state index contributed by atoms with van der Waals surface area (Å²) < 4.78 is 7.72. The van der Waals surface area contributed by atoms with E-state index in [4.69, 9.17) is 4.43 Å². The molecule has 7 saturated carbocycles. The molecule has 7 fully saturated rings. The fraction of sp³-hybridized carbons (Fsp3) is 1.00. The summed E-state index contributed by atoms with van der Waals surface area (Å²) >= 11 is 4.17. The standard InChI is InChI=1S/C20H33BrOSi/c1-18(2,3)23(4,5)22-20-9-15-12-6-19(21)7-13(15)17(11-20)14(8-19)16(12)10-20/h12-17H,6-11H2,1-5H3. The van der Waals surface area contributed by atoms with Crippen molar-refractivity contribution in [3.8, 4) is 0 Å². The molecule has 8 bridgehead atoms. The van der Waals surface area contributed by atoms with Crippen molar-refractivity contribution in [2.45, 2.75) is 87.4 Å². The van der Waals surface area contributed by atoms with Gasteiger partial charge >= 0.3 is 0 Å². The Morgan fingerprint density at radius 1 is 0.783 bits per heavy atom. The predicted molar refractivity (Wildman–Crippen MR) is 101 cm³/mol. The Kier molecular flexibility index (Phi) is 2.97. The van der Waals surface area contributed by atoms with E-state index in [0.29, 0.717) is 9.36 Å². The van der Waals surface area contributed by atoms with E-state index < -0.39 is 8.32 Å². The Bertz CT molecular complexity index is 485. The number of rotatable bonds is 2. The number of hydrogen-bond acceptors (Lipinski definition) is 1. The number of halogens is 1. The molecule has 0 N–H and O–H groups in total. The van der Waals surface area contributed by atoms with Gasteiger partial charge in [-0.3, -0.25) is 0 Å². The van der Waals surface area contributed by atoms with E-state index in [1.54, 1.807) is 0 Å². The molecule has 7 aliphatic carbocycles. The van der Waals surface area contributed by atoms with Gasteiger partial charge in [0.2, 0.25) is 0 Å². The van der Waals surface area contributed by atoms with E-state index >= 15 is 0 Å². The fourth-order valence-electron chi connectivity index (χ4n) is 7.60. The SMILES string of the molecule is CC(C)(C)[Si](C)(C)OC12CC3C4CC5(Br)CC3C(C1)C(C5)C4C2. The molecule has 0 amide bonds. The minimum absolute atomic E-state index is 0.274. The highest BCUT2D eigenvalue weighted by Gasteiger charge is 2.71. The maximum absolute atomic E-state index is 7.19. The van der Waals surface area contributed by atoms with Crippen LogP contribution in [0.3, 0.4) is 0 Å². The topological polar surface area (TPSA) is 9.23 Å². The molecule has 0 unspecified atom stereocenters. The summed E-state index contributed by atoms with van der Waals surface area (Å²) in [4.78, 5) is 0. The van der Waals surface area contributed by atoms with Gasteiger partial charge in [0, 0.05) is 4.32 Å². The van der Waals surface area contributed by atoms with E-state index in [-0.39, 0.29) is 5.60 Å². The smallest absolute Gasteiger partial charge is 0.192 e. The molecule has 130 valence electrons. The average molecular weight is 397 g/mol. The highest BCUT2D eigenvalue weighted by Crippen LogP contribution is 2.75. The summed E-state index contributed by atoms with van der Waals surface area (Å²) in [6, 6.07) is 0. The van der Waals surface area contributed by atoms with Gasteiger partial charge in [0.25, 0.3) is 0 Å². The van der Waals surface area contributed by atoms with Crippen LogP contribution in [0.1, 0.15) is 59.3 Å². The van der Waals surface area contributed by atoms with Crippen molar-refractivity contribution in [2.24, 2.45) is 35.5 Å². The lowest BCUT2D eigenvalue weighted by atomic mass is 9.35. The van der Waals surface area contributed by atoms with Crippen LogP contribution in [-0.2, 0) is 4.43 Å². The van der Waals surface area contributed by atoms with Gasteiger partial charge in [-0.1, -0.05) is 36.7 Å². The summed E-state index contributed by atoms with van der Waals surface area (Å²) in [7, 11) is -1.66. The second kappa shape index (κ2) is 4.31. The van der Waals surface area contributed by atoms with Crippen molar-refractivity contribution < 1.29 is 4.43 Å². The average Bonchev–Trinajstić information content (AvgIpc) is 2.40. The van der Waals surface area contributed by atoms with Crippen LogP contribution >= 0.6 is 15.9 Å². The summed E-state index contributed by atoms with van der Waals surface area (Å²) in [6.45, 7) is 12.2. The van der Waals surface area contributed by atoms with Gasteiger partial charge in [-0.15, -0.1) is 0 Å². The van der Waals surface area contributed by atoms with Crippen molar-refractivity contribution in [1.29, 1.82) is 0 Å². The molecule has 0 saturated heterocycles. The molecule has 0 aromatic heterocycles. The molecule has 0 radical (unpaired) electrons. The molecule has 1 nitrogen and oxygen atoms in total.